The van der Waals surface area contributed by atoms with Crippen LogP contribution in [0.2, 0.25) is 0 Å². The molecule has 2 fully saturated rings. The number of Topliss-reactive ketones (excluding diaryl/α,β-unsaturated/α-hetero) is 1. The van der Waals surface area contributed by atoms with Gasteiger partial charge in [-0.1, -0.05) is 67.8 Å². The van der Waals surface area contributed by atoms with Gasteiger partial charge in [-0.2, -0.15) is 0 Å². The SMILES string of the molecule is O=C(C1CCCCC1)C(C1CCc2ccccc2N1)N1CCCC1c1ccccc1. The number of carbonyl (C=O) groups is 1. The summed E-state index contributed by atoms with van der Waals surface area (Å²) in [7, 11) is 0. The summed E-state index contributed by atoms with van der Waals surface area (Å²) < 4.78 is 0. The predicted octanol–water partition coefficient (Wildman–Crippen LogP) is 5.77. The lowest BCUT2D eigenvalue weighted by molar-refractivity contribution is -0.130. The summed E-state index contributed by atoms with van der Waals surface area (Å²) in [5.41, 5.74) is 3.98. The highest BCUT2D eigenvalue weighted by atomic mass is 16.1. The van der Waals surface area contributed by atoms with E-state index in [0.29, 0.717) is 11.8 Å². The number of benzene rings is 2. The fourth-order valence-electron chi connectivity index (χ4n) is 6.08. The Bertz CT molecular complexity index is 858. The first kappa shape index (κ1) is 19.8. The van der Waals surface area contributed by atoms with E-state index in [9.17, 15) is 4.79 Å². The number of anilines is 1. The summed E-state index contributed by atoms with van der Waals surface area (Å²) >= 11 is 0. The molecule has 158 valence electrons. The van der Waals surface area contributed by atoms with Gasteiger partial charge in [-0.15, -0.1) is 0 Å². The quantitative estimate of drug-likeness (QED) is 0.689. The lowest BCUT2D eigenvalue weighted by Gasteiger charge is -2.42. The number of hydrogen-bond acceptors (Lipinski definition) is 3. The van der Waals surface area contributed by atoms with Gasteiger partial charge in [-0.25, -0.2) is 0 Å². The molecular formula is C27H34N2O. The Balaban J connectivity index is 1.46. The molecule has 3 heteroatoms. The largest absolute Gasteiger partial charge is 0.380 e. The summed E-state index contributed by atoms with van der Waals surface area (Å²) in [5.74, 6) is 0.758. The van der Waals surface area contributed by atoms with E-state index in [-0.39, 0.29) is 18.0 Å². The van der Waals surface area contributed by atoms with E-state index in [4.69, 9.17) is 0 Å². The summed E-state index contributed by atoms with van der Waals surface area (Å²) in [4.78, 5) is 16.6. The topological polar surface area (TPSA) is 32.3 Å². The van der Waals surface area contributed by atoms with Crippen molar-refractivity contribution in [1.82, 2.24) is 4.90 Å². The first-order chi connectivity index (χ1) is 14.8. The second-order valence-corrected chi connectivity index (χ2v) is 9.44. The standard InChI is InChI=1S/C27H34N2O/c30-27(22-13-5-2-6-14-22)26(24-18-17-20-10-7-8-15-23(20)28-24)29-19-9-16-25(29)21-11-3-1-4-12-21/h1,3-4,7-8,10-12,15,22,24-26,28H,2,5-6,9,13-14,16-19H2. The molecule has 1 N–H and O–H groups in total. The van der Waals surface area contributed by atoms with Crippen molar-refractivity contribution in [1.29, 1.82) is 0 Å². The van der Waals surface area contributed by atoms with Crippen molar-refractivity contribution >= 4 is 11.5 Å². The minimum Gasteiger partial charge on any atom is -0.380 e. The van der Waals surface area contributed by atoms with Gasteiger partial charge in [0, 0.05) is 23.7 Å². The van der Waals surface area contributed by atoms with Crippen molar-refractivity contribution < 1.29 is 4.79 Å². The molecule has 1 saturated heterocycles. The van der Waals surface area contributed by atoms with Crippen molar-refractivity contribution in [3.8, 4) is 0 Å². The smallest absolute Gasteiger partial charge is 0.155 e. The Morgan fingerprint density at radius 1 is 0.867 bits per heavy atom. The third-order valence-electron chi connectivity index (χ3n) is 7.60. The predicted molar refractivity (Wildman–Crippen MR) is 123 cm³/mol. The average molecular weight is 403 g/mol. The molecule has 2 aliphatic heterocycles. The number of likely N-dealkylation sites (tertiary alicyclic amines) is 1. The molecule has 1 aliphatic carbocycles. The van der Waals surface area contributed by atoms with E-state index >= 15 is 0 Å². The van der Waals surface area contributed by atoms with Crippen molar-refractivity contribution in [3.05, 3.63) is 65.7 Å². The van der Waals surface area contributed by atoms with Crippen LogP contribution in [0.25, 0.3) is 0 Å². The molecule has 2 heterocycles. The van der Waals surface area contributed by atoms with E-state index < -0.39 is 0 Å². The fourth-order valence-corrected chi connectivity index (χ4v) is 6.08. The maximum absolute atomic E-state index is 14.0. The highest BCUT2D eigenvalue weighted by molar-refractivity contribution is 5.88. The highest BCUT2D eigenvalue weighted by Gasteiger charge is 2.43. The highest BCUT2D eigenvalue weighted by Crippen LogP contribution is 2.39. The third kappa shape index (κ3) is 3.92. The molecule has 30 heavy (non-hydrogen) atoms. The van der Waals surface area contributed by atoms with E-state index in [0.717, 1.165) is 38.6 Å². The normalized spacial score (nSPS) is 26.0. The van der Waals surface area contributed by atoms with Crippen LogP contribution in [0, 0.1) is 5.92 Å². The molecule has 2 aromatic carbocycles. The average Bonchev–Trinajstić information content (AvgIpc) is 3.29. The molecule has 2 aromatic rings. The fraction of sp³-hybridized carbons (Fsp3) is 0.519. The molecule has 1 saturated carbocycles. The van der Waals surface area contributed by atoms with Crippen LogP contribution < -0.4 is 5.32 Å². The van der Waals surface area contributed by atoms with Crippen LogP contribution in [-0.4, -0.2) is 29.3 Å². The van der Waals surface area contributed by atoms with Gasteiger partial charge in [0.15, 0.2) is 5.78 Å². The number of hydrogen-bond donors (Lipinski definition) is 1. The van der Waals surface area contributed by atoms with Gasteiger partial charge < -0.3 is 5.32 Å². The van der Waals surface area contributed by atoms with Gasteiger partial charge >= 0.3 is 0 Å². The zero-order valence-electron chi connectivity index (χ0n) is 17.9. The lowest BCUT2D eigenvalue weighted by atomic mass is 9.79. The number of fused-ring (bicyclic) bond motifs is 1. The maximum Gasteiger partial charge on any atom is 0.155 e. The minimum atomic E-state index is -0.0193. The number of para-hydroxylation sites is 1. The van der Waals surface area contributed by atoms with Crippen molar-refractivity contribution in [3.63, 3.8) is 0 Å². The second kappa shape index (κ2) is 8.93. The number of nitrogens with one attached hydrogen (secondary N) is 1. The number of rotatable bonds is 5. The third-order valence-corrected chi connectivity index (χ3v) is 7.60. The van der Waals surface area contributed by atoms with E-state index in [1.165, 1.54) is 42.5 Å². The Labute approximate surface area is 180 Å². The molecule has 0 spiro atoms. The number of aryl methyl sites for hydroxylation is 1. The van der Waals surface area contributed by atoms with E-state index in [1.54, 1.807) is 0 Å². The van der Waals surface area contributed by atoms with Crippen LogP contribution in [0.3, 0.4) is 0 Å². The van der Waals surface area contributed by atoms with Gasteiger partial charge in [0.1, 0.15) is 0 Å². The van der Waals surface area contributed by atoms with Crippen LogP contribution in [0.15, 0.2) is 54.6 Å². The van der Waals surface area contributed by atoms with Gasteiger partial charge in [-0.05, 0) is 62.3 Å². The summed E-state index contributed by atoms with van der Waals surface area (Å²) in [6, 6.07) is 20.0. The van der Waals surface area contributed by atoms with Crippen molar-refractivity contribution in [2.24, 2.45) is 5.92 Å². The van der Waals surface area contributed by atoms with Crippen molar-refractivity contribution in [2.75, 3.05) is 11.9 Å². The molecule has 3 atom stereocenters. The van der Waals surface area contributed by atoms with Gasteiger partial charge in [0.05, 0.1) is 6.04 Å². The Morgan fingerprint density at radius 2 is 1.63 bits per heavy atom. The summed E-state index contributed by atoms with van der Waals surface area (Å²) in [5, 5.41) is 3.80. The Morgan fingerprint density at radius 3 is 2.47 bits per heavy atom. The van der Waals surface area contributed by atoms with E-state index in [2.05, 4.69) is 64.8 Å². The van der Waals surface area contributed by atoms with Crippen LogP contribution in [-0.2, 0) is 11.2 Å². The summed E-state index contributed by atoms with van der Waals surface area (Å²) in [6.07, 6.45) is 10.3. The Hall–Kier alpha value is -2.13. The molecular weight excluding hydrogens is 368 g/mol. The van der Waals surface area contributed by atoms with Crippen LogP contribution in [0.5, 0.6) is 0 Å². The molecule has 3 aliphatic rings. The van der Waals surface area contributed by atoms with Gasteiger partial charge in [0.25, 0.3) is 0 Å². The maximum atomic E-state index is 14.0. The number of carbonyl (C=O) groups excluding carboxylic acids is 1. The molecule has 0 aromatic heterocycles. The van der Waals surface area contributed by atoms with Gasteiger partial charge in [-0.3, -0.25) is 9.69 Å². The first-order valence-corrected chi connectivity index (χ1v) is 12.0. The molecule has 3 unspecified atom stereocenters. The number of ketones is 1. The summed E-state index contributed by atoms with van der Waals surface area (Å²) in [6.45, 7) is 1.03. The van der Waals surface area contributed by atoms with Crippen LogP contribution >= 0.6 is 0 Å². The van der Waals surface area contributed by atoms with E-state index in [1.807, 2.05) is 0 Å². The van der Waals surface area contributed by atoms with Crippen LogP contribution in [0.1, 0.15) is 68.5 Å². The molecule has 0 bridgehead atoms. The molecule has 5 rings (SSSR count). The molecule has 0 radical (unpaired) electrons. The minimum absolute atomic E-state index is 0.0193. The zero-order chi connectivity index (χ0) is 20.3. The molecule has 3 nitrogen and oxygen atoms in total. The Kier molecular flexibility index (Phi) is 5.90. The van der Waals surface area contributed by atoms with Gasteiger partial charge in [0.2, 0.25) is 0 Å². The first-order valence-electron chi connectivity index (χ1n) is 12.0. The molecule has 0 amide bonds. The number of nitrogens with zero attached hydrogens (tertiary/aromatic N) is 1. The monoisotopic (exact) mass is 402 g/mol. The second-order valence-electron chi connectivity index (χ2n) is 9.44. The lowest BCUT2D eigenvalue weighted by Crippen LogP contribution is -2.54. The van der Waals surface area contributed by atoms with Crippen molar-refractivity contribution in [2.45, 2.75) is 75.9 Å². The van der Waals surface area contributed by atoms with Crippen LogP contribution in [0.4, 0.5) is 5.69 Å². The zero-order valence-corrected chi connectivity index (χ0v) is 17.9.